The molecule has 5 rings (SSSR count). The zero-order chi connectivity index (χ0) is 17.7. The maximum atomic E-state index is 3.88. The van der Waals surface area contributed by atoms with Gasteiger partial charge < -0.3 is 5.32 Å². The van der Waals surface area contributed by atoms with E-state index in [1.54, 1.807) is 51.4 Å². The van der Waals surface area contributed by atoms with Crippen LogP contribution in [0.1, 0.15) is 90.9 Å². The molecule has 0 radical (unpaired) electrons. The molecule has 1 heterocycles. The highest BCUT2D eigenvalue weighted by Gasteiger charge is 2.54. The first kappa shape index (κ1) is 18.0. The molecule has 4 saturated carbocycles. The number of nitrogens with one attached hydrogen (secondary N) is 1. The molecule has 26 heavy (non-hydrogen) atoms. The van der Waals surface area contributed by atoms with Gasteiger partial charge in [0.2, 0.25) is 0 Å². The van der Waals surface area contributed by atoms with Crippen LogP contribution < -0.4 is 5.32 Å². The fourth-order valence-corrected chi connectivity index (χ4v) is 9.15. The highest BCUT2D eigenvalue weighted by atomic mass is 14.9. The molecule has 5 aliphatic rings. The smallest absolute Gasteiger partial charge is 0.00954 e. The van der Waals surface area contributed by atoms with Crippen molar-refractivity contribution in [2.24, 2.45) is 53.3 Å². The SMILES string of the molecule is CC(C1CCCCN1)C1CCC2C(CC3C4CCCCC4CCC32)C1C. The Morgan fingerprint density at radius 2 is 1.46 bits per heavy atom. The molecule has 10 atom stereocenters. The van der Waals surface area contributed by atoms with Gasteiger partial charge in [-0.1, -0.05) is 39.5 Å². The van der Waals surface area contributed by atoms with Crippen LogP contribution in [0, 0.1) is 53.3 Å². The minimum absolute atomic E-state index is 0.819. The number of rotatable bonds is 2. The lowest BCUT2D eigenvalue weighted by atomic mass is 9.59. The quantitative estimate of drug-likeness (QED) is 0.613. The lowest BCUT2D eigenvalue weighted by Crippen LogP contribution is -2.45. The molecule has 1 saturated heterocycles. The Morgan fingerprint density at radius 1 is 0.692 bits per heavy atom. The topological polar surface area (TPSA) is 12.0 Å². The van der Waals surface area contributed by atoms with Gasteiger partial charge in [0.15, 0.2) is 0 Å². The summed E-state index contributed by atoms with van der Waals surface area (Å²) in [4.78, 5) is 0. The molecule has 1 aliphatic heterocycles. The van der Waals surface area contributed by atoms with E-state index in [9.17, 15) is 0 Å². The molecule has 5 fully saturated rings. The van der Waals surface area contributed by atoms with E-state index in [-0.39, 0.29) is 0 Å². The van der Waals surface area contributed by atoms with Crippen molar-refractivity contribution in [3.05, 3.63) is 0 Å². The third-order valence-electron chi connectivity index (χ3n) is 10.4. The minimum Gasteiger partial charge on any atom is -0.314 e. The molecule has 0 aromatic carbocycles. The van der Waals surface area contributed by atoms with Crippen LogP contribution in [0.25, 0.3) is 0 Å². The van der Waals surface area contributed by atoms with Crippen LogP contribution in [-0.4, -0.2) is 12.6 Å². The van der Waals surface area contributed by atoms with E-state index < -0.39 is 0 Å². The third kappa shape index (κ3) is 2.99. The summed E-state index contributed by atoms with van der Waals surface area (Å²) in [5, 5.41) is 3.88. The molecule has 1 N–H and O–H groups in total. The first-order valence-electron chi connectivity index (χ1n) is 12.5. The van der Waals surface area contributed by atoms with E-state index in [0.29, 0.717) is 0 Å². The lowest BCUT2D eigenvalue weighted by molar-refractivity contribution is 0.0356. The van der Waals surface area contributed by atoms with Gasteiger partial charge in [-0.05, 0) is 111 Å². The Hall–Kier alpha value is -0.0400. The van der Waals surface area contributed by atoms with Crippen LogP contribution in [0.3, 0.4) is 0 Å². The molecule has 1 nitrogen and oxygen atoms in total. The fraction of sp³-hybridized carbons (Fsp3) is 1.00. The van der Waals surface area contributed by atoms with E-state index in [4.69, 9.17) is 0 Å². The monoisotopic (exact) mass is 357 g/mol. The molecule has 0 amide bonds. The Bertz CT molecular complexity index is 481. The van der Waals surface area contributed by atoms with Gasteiger partial charge in [-0.3, -0.25) is 0 Å². The molecule has 0 aromatic heterocycles. The lowest BCUT2D eigenvalue weighted by Gasteiger charge is -2.46. The molecular weight excluding hydrogens is 314 g/mol. The van der Waals surface area contributed by atoms with Crippen molar-refractivity contribution < 1.29 is 0 Å². The first-order chi connectivity index (χ1) is 12.7. The summed E-state index contributed by atoms with van der Waals surface area (Å²) in [6.45, 7) is 6.55. The number of piperidine rings is 1. The minimum atomic E-state index is 0.819. The zero-order valence-electron chi connectivity index (χ0n) is 17.5. The summed E-state index contributed by atoms with van der Waals surface area (Å²) in [5.41, 5.74) is 0. The van der Waals surface area contributed by atoms with Gasteiger partial charge in [-0.25, -0.2) is 0 Å². The number of fused-ring (bicyclic) bond motifs is 5. The molecular formula is C25H43N. The highest BCUT2D eigenvalue weighted by Crippen LogP contribution is 2.62. The Kier molecular flexibility index (Phi) is 5.14. The summed E-state index contributed by atoms with van der Waals surface area (Å²) in [7, 11) is 0. The average molecular weight is 358 g/mol. The third-order valence-corrected chi connectivity index (χ3v) is 10.4. The van der Waals surface area contributed by atoms with Crippen LogP contribution in [-0.2, 0) is 0 Å². The van der Waals surface area contributed by atoms with Gasteiger partial charge in [0.1, 0.15) is 0 Å². The van der Waals surface area contributed by atoms with Crippen molar-refractivity contribution in [2.45, 2.75) is 96.9 Å². The zero-order valence-corrected chi connectivity index (χ0v) is 17.5. The number of hydrogen-bond donors (Lipinski definition) is 1. The maximum Gasteiger partial charge on any atom is 0.00954 e. The van der Waals surface area contributed by atoms with E-state index in [1.165, 1.54) is 32.2 Å². The van der Waals surface area contributed by atoms with Crippen LogP contribution in [0.15, 0.2) is 0 Å². The van der Waals surface area contributed by atoms with Crippen LogP contribution in [0.4, 0.5) is 0 Å². The Morgan fingerprint density at radius 3 is 2.31 bits per heavy atom. The molecule has 0 bridgehead atoms. The normalized spacial score (nSPS) is 52.6. The second-order valence-electron chi connectivity index (χ2n) is 11.2. The summed E-state index contributed by atoms with van der Waals surface area (Å²) in [5.74, 6) is 9.60. The van der Waals surface area contributed by atoms with Gasteiger partial charge in [0.25, 0.3) is 0 Å². The average Bonchev–Trinajstić information content (AvgIpc) is 3.09. The highest BCUT2D eigenvalue weighted by molar-refractivity contribution is 5.03. The standard InChI is InChI=1S/C25H43N/c1-16-19(17(2)25-9-5-6-14-26-25)12-13-21-22-11-10-18-7-3-4-8-20(18)24(22)15-23(16)21/h16-26H,3-15H2,1-2H3. The van der Waals surface area contributed by atoms with E-state index in [0.717, 1.165) is 59.3 Å². The van der Waals surface area contributed by atoms with Crippen molar-refractivity contribution in [3.63, 3.8) is 0 Å². The van der Waals surface area contributed by atoms with Gasteiger partial charge in [0, 0.05) is 6.04 Å². The van der Waals surface area contributed by atoms with Crippen molar-refractivity contribution in [1.29, 1.82) is 0 Å². The summed E-state index contributed by atoms with van der Waals surface area (Å²) >= 11 is 0. The molecule has 1 heteroatoms. The molecule has 4 aliphatic carbocycles. The van der Waals surface area contributed by atoms with E-state index in [2.05, 4.69) is 19.2 Å². The largest absolute Gasteiger partial charge is 0.314 e. The molecule has 0 spiro atoms. The van der Waals surface area contributed by atoms with Crippen molar-refractivity contribution in [3.8, 4) is 0 Å². The first-order valence-corrected chi connectivity index (χ1v) is 12.5. The van der Waals surface area contributed by atoms with Crippen molar-refractivity contribution in [2.75, 3.05) is 6.54 Å². The van der Waals surface area contributed by atoms with E-state index in [1.807, 2.05) is 0 Å². The Labute approximate surface area is 162 Å². The van der Waals surface area contributed by atoms with Crippen LogP contribution >= 0.6 is 0 Å². The van der Waals surface area contributed by atoms with Crippen molar-refractivity contribution in [1.82, 2.24) is 5.32 Å². The summed E-state index contributed by atoms with van der Waals surface area (Å²) < 4.78 is 0. The number of hydrogen-bond acceptors (Lipinski definition) is 1. The van der Waals surface area contributed by atoms with Crippen LogP contribution in [0.5, 0.6) is 0 Å². The van der Waals surface area contributed by atoms with Gasteiger partial charge >= 0.3 is 0 Å². The maximum absolute atomic E-state index is 3.88. The van der Waals surface area contributed by atoms with Crippen LogP contribution in [0.2, 0.25) is 0 Å². The van der Waals surface area contributed by atoms with E-state index >= 15 is 0 Å². The predicted molar refractivity (Wildman–Crippen MR) is 110 cm³/mol. The molecule has 0 aromatic rings. The molecule has 148 valence electrons. The predicted octanol–water partition coefficient (Wildman–Crippen LogP) is 6.28. The van der Waals surface area contributed by atoms with Gasteiger partial charge in [-0.15, -0.1) is 0 Å². The second-order valence-corrected chi connectivity index (χ2v) is 11.2. The summed E-state index contributed by atoms with van der Waals surface area (Å²) in [6, 6.07) is 0.819. The summed E-state index contributed by atoms with van der Waals surface area (Å²) in [6.07, 6.45) is 18.5. The Balaban J connectivity index is 1.29. The fourth-order valence-electron chi connectivity index (χ4n) is 9.15. The molecule has 10 unspecified atom stereocenters. The second kappa shape index (κ2) is 7.41. The van der Waals surface area contributed by atoms with Crippen molar-refractivity contribution >= 4 is 0 Å². The van der Waals surface area contributed by atoms with Gasteiger partial charge in [-0.2, -0.15) is 0 Å². The van der Waals surface area contributed by atoms with Gasteiger partial charge in [0.05, 0.1) is 0 Å².